The van der Waals surface area contributed by atoms with Gasteiger partial charge in [0.15, 0.2) is 0 Å². The second-order valence-electron chi connectivity index (χ2n) is 4.24. The maximum atomic E-state index is 12.8. The smallest absolute Gasteiger partial charge is 0.271 e. The Morgan fingerprint density at radius 1 is 1.21 bits per heavy atom. The van der Waals surface area contributed by atoms with Crippen LogP contribution in [-0.4, -0.2) is 4.92 Å². The highest BCUT2D eigenvalue weighted by Crippen LogP contribution is 2.22. The van der Waals surface area contributed by atoms with Crippen LogP contribution in [0, 0.1) is 22.9 Å². The zero-order valence-electron chi connectivity index (χ0n) is 10.4. The van der Waals surface area contributed by atoms with E-state index in [2.05, 4.69) is 5.32 Å². The summed E-state index contributed by atoms with van der Waals surface area (Å²) in [4.78, 5) is 10.3. The quantitative estimate of drug-likeness (QED) is 0.674. The zero-order chi connectivity index (χ0) is 13.8. The molecule has 0 aliphatic carbocycles. The van der Waals surface area contributed by atoms with Crippen molar-refractivity contribution in [1.82, 2.24) is 0 Å². The molecule has 0 spiro atoms. The van der Waals surface area contributed by atoms with Crippen molar-refractivity contribution >= 4 is 11.4 Å². The highest BCUT2D eigenvalue weighted by Gasteiger charge is 2.08. The molecular formula is C14H13FN2O2. The highest BCUT2D eigenvalue weighted by atomic mass is 19.1. The summed E-state index contributed by atoms with van der Waals surface area (Å²) in [5.74, 6) is -0.282. The maximum Gasteiger partial charge on any atom is 0.271 e. The molecule has 0 aliphatic heterocycles. The van der Waals surface area contributed by atoms with Crippen LogP contribution in [0.3, 0.4) is 0 Å². The summed E-state index contributed by atoms with van der Waals surface area (Å²) in [5.41, 5.74) is 2.59. The number of aryl methyl sites for hydroxylation is 1. The molecule has 2 aromatic carbocycles. The first-order chi connectivity index (χ1) is 9.06. The van der Waals surface area contributed by atoms with Crippen molar-refractivity contribution in [1.29, 1.82) is 0 Å². The van der Waals surface area contributed by atoms with Crippen LogP contribution in [0.15, 0.2) is 42.5 Å². The second kappa shape index (κ2) is 5.48. The fourth-order valence-electron chi connectivity index (χ4n) is 1.71. The summed E-state index contributed by atoms with van der Waals surface area (Å²) in [6, 6.07) is 10.8. The van der Waals surface area contributed by atoms with Gasteiger partial charge in [0.05, 0.1) is 4.92 Å². The van der Waals surface area contributed by atoms with Gasteiger partial charge in [-0.25, -0.2) is 4.39 Å². The average molecular weight is 260 g/mol. The van der Waals surface area contributed by atoms with E-state index >= 15 is 0 Å². The van der Waals surface area contributed by atoms with Crippen molar-refractivity contribution in [2.24, 2.45) is 0 Å². The van der Waals surface area contributed by atoms with Crippen LogP contribution in [0.4, 0.5) is 15.8 Å². The number of hydrogen-bond acceptors (Lipinski definition) is 3. The monoisotopic (exact) mass is 260 g/mol. The van der Waals surface area contributed by atoms with E-state index in [1.807, 2.05) is 6.92 Å². The van der Waals surface area contributed by atoms with Gasteiger partial charge in [0, 0.05) is 24.4 Å². The van der Waals surface area contributed by atoms with E-state index in [1.54, 1.807) is 18.2 Å². The molecule has 0 saturated heterocycles. The predicted molar refractivity (Wildman–Crippen MR) is 71.6 cm³/mol. The van der Waals surface area contributed by atoms with Gasteiger partial charge in [-0.3, -0.25) is 10.1 Å². The topological polar surface area (TPSA) is 55.2 Å². The summed E-state index contributed by atoms with van der Waals surface area (Å²) >= 11 is 0. The summed E-state index contributed by atoms with van der Waals surface area (Å²) in [5, 5.41) is 13.8. The fraction of sp³-hybridized carbons (Fsp3) is 0.143. The summed E-state index contributed by atoms with van der Waals surface area (Å²) in [7, 11) is 0. The van der Waals surface area contributed by atoms with Crippen LogP contribution >= 0.6 is 0 Å². The number of non-ortho nitro benzene ring substituents is 1. The Kier molecular flexibility index (Phi) is 3.75. The number of rotatable bonds is 4. The van der Waals surface area contributed by atoms with Crippen LogP contribution in [0.5, 0.6) is 0 Å². The summed E-state index contributed by atoms with van der Waals surface area (Å²) in [6.07, 6.45) is 0. The van der Waals surface area contributed by atoms with Crippen molar-refractivity contribution in [2.75, 3.05) is 5.32 Å². The van der Waals surface area contributed by atoms with Crippen LogP contribution in [0.1, 0.15) is 11.1 Å². The van der Waals surface area contributed by atoms with Crippen LogP contribution in [0.2, 0.25) is 0 Å². The number of benzene rings is 2. The molecule has 1 N–H and O–H groups in total. The van der Waals surface area contributed by atoms with E-state index in [-0.39, 0.29) is 11.5 Å². The van der Waals surface area contributed by atoms with E-state index in [0.29, 0.717) is 12.2 Å². The van der Waals surface area contributed by atoms with Gasteiger partial charge in [0.25, 0.3) is 5.69 Å². The lowest BCUT2D eigenvalue weighted by atomic mass is 10.1. The molecule has 2 rings (SSSR count). The van der Waals surface area contributed by atoms with E-state index in [1.165, 1.54) is 24.3 Å². The van der Waals surface area contributed by atoms with Crippen LogP contribution in [-0.2, 0) is 6.54 Å². The van der Waals surface area contributed by atoms with Gasteiger partial charge in [-0.15, -0.1) is 0 Å². The van der Waals surface area contributed by atoms with Gasteiger partial charge in [0.2, 0.25) is 0 Å². The molecule has 0 amide bonds. The Morgan fingerprint density at radius 2 is 1.89 bits per heavy atom. The minimum Gasteiger partial charge on any atom is -0.381 e. The third-order valence-electron chi connectivity index (χ3n) is 2.83. The number of hydrogen-bond donors (Lipinski definition) is 1. The molecule has 19 heavy (non-hydrogen) atoms. The zero-order valence-corrected chi connectivity index (χ0v) is 10.4. The molecule has 2 aromatic rings. The number of nitrogens with one attached hydrogen (secondary N) is 1. The molecule has 0 heterocycles. The Labute approximate surface area is 110 Å². The van der Waals surface area contributed by atoms with E-state index in [4.69, 9.17) is 0 Å². The van der Waals surface area contributed by atoms with Gasteiger partial charge >= 0.3 is 0 Å². The molecule has 0 aliphatic rings. The maximum absolute atomic E-state index is 12.8. The molecule has 4 nitrogen and oxygen atoms in total. The van der Waals surface area contributed by atoms with Gasteiger partial charge in [-0.2, -0.15) is 0 Å². The van der Waals surface area contributed by atoms with E-state index in [9.17, 15) is 14.5 Å². The first-order valence-electron chi connectivity index (χ1n) is 5.79. The molecule has 98 valence electrons. The number of nitro groups is 1. The van der Waals surface area contributed by atoms with Gasteiger partial charge in [-0.1, -0.05) is 18.2 Å². The Morgan fingerprint density at radius 3 is 2.53 bits per heavy atom. The third kappa shape index (κ3) is 3.28. The van der Waals surface area contributed by atoms with Gasteiger partial charge in [0.1, 0.15) is 5.82 Å². The van der Waals surface area contributed by atoms with Crippen molar-refractivity contribution in [3.63, 3.8) is 0 Å². The Bertz CT molecular complexity index is 597. The fourth-order valence-corrected chi connectivity index (χ4v) is 1.71. The number of halogens is 1. The first-order valence-corrected chi connectivity index (χ1v) is 5.79. The van der Waals surface area contributed by atoms with Gasteiger partial charge in [-0.05, 0) is 30.2 Å². The highest BCUT2D eigenvalue weighted by molar-refractivity contribution is 5.56. The lowest BCUT2D eigenvalue weighted by Gasteiger charge is -2.09. The average Bonchev–Trinajstić information content (AvgIpc) is 2.39. The van der Waals surface area contributed by atoms with Crippen molar-refractivity contribution in [3.05, 3.63) is 69.5 Å². The normalized spacial score (nSPS) is 10.2. The van der Waals surface area contributed by atoms with Crippen LogP contribution < -0.4 is 5.32 Å². The molecule has 5 heteroatoms. The van der Waals surface area contributed by atoms with Gasteiger partial charge < -0.3 is 5.32 Å². The molecule has 0 unspecified atom stereocenters. The van der Waals surface area contributed by atoms with Crippen molar-refractivity contribution in [3.8, 4) is 0 Å². The Balaban J connectivity index is 2.12. The summed E-state index contributed by atoms with van der Waals surface area (Å²) in [6.45, 7) is 2.36. The number of anilines is 1. The molecule has 0 atom stereocenters. The second-order valence-corrected chi connectivity index (χ2v) is 4.24. The molecule has 0 aromatic heterocycles. The molecule has 0 bridgehead atoms. The minimum atomic E-state index is -0.428. The van der Waals surface area contributed by atoms with E-state index in [0.717, 1.165) is 11.1 Å². The first kappa shape index (κ1) is 13.0. The third-order valence-corrected chi connectivity index (χ3v) is 2.83. The predicted octanol–water partition coefficient (Wildman–Crippen LogP) is 3.65. The summed E-state index contributed by atoms with van der Waals surface area (Å²) < 4.78 is 12.8. The van der Waals surface area contributed by atoms with E-state index < -0.39 is 4.92 Å². The van der Waals surface area contributed by atoms with Crippen molar-refractivity contribution in [2.45, 2.75) is 13.5 Å². The van der Waals surface area contributed by atoms with Crippen LogP contribution in [0.25, 0.3) is 0 Å². The largest absolute Gasteiger partial charge is 0.381 e. The van der Waals surface area contributed by atoms with Crippen molar-refractivity contribution < 1.29 is 9.31 Å². The lowest BCUT2D eigenvalue weighted by Crippen LogP contribution is -2.02. The molecule has 0 saturated carbocycles. The SMILES string of the molecule is Cc1ccc([N+](=O)[O-])cc1NCc1ccc(F)cc1. The standard InChI is InChI=1S/C14H13FN2O2/c1-10-2-7-13(17(18)19)8-14(10)16-9-11-3-5-12(15)6-4-11/h2-8,16H,9H2,1H3. The number of nitro benzene ring substituents is 1. The minimum absolute atomic E-state index is 0.0483. The lowest BCUT2D eigenvalue weighted by molar-refractivity contribution is -0.384. The molecule has 0 radical (unpaired) electrons. The number of nitrogens with zero attached hydrogens (tertiary/aromatic N) is 1. The molecule has 0 fully saturated rings. The Hall–Kier alpha value is -2.43. The molecular weight excluding hydrogens is 247 g/mol.